The number of hydrogen-bond acceptors (Lipinski definition) is 2. The molecule has 2 rings (SSSR count). The van der Waals surface area contributed by atoms with Gasteiger partial charge in [-0.3, -0.25) is 0 Å². The van der Waals surface area contributed by atoms with Gasteiger partial charge in [-0.2, -0.15) is 0 Å². The normalized spacial score (nSPS) is 26.6. The zero-order valence-corrected chi connectivity index (χ0v) is 8.19. The molecule has 0 aromatic heterocycles. The topological polar surface area (TPSA) is 40.5 Å². The minimum Gasteiger partial charge on any atom is -0.508 e. The van der Waals surface area contributed by atoms with Crippen molar-refractivity contribution >= 4 is 0 Å². The lowest BCUT2D eigenvalue weighted by Crippen LogP contribution is -2.00. The second-order valence-corrected chi connectivity index (χ2v) is 4.15. The standard InChI is InChI=1S/C12H16O2/c13-8-9-1-2-11(7-9)10-3-5-12(14)6-4-10/h3-6,9,11,13-14H,1-2,7-8H2. The Kier molecular flexibility index (Phi) is 2.73. The van der Waals surface area contributed by atoms with Gasteiger partial charge < -0.3 is 10.2 Å². The van der Waals surface area contributed by atoms with Crippen LogP contribution in [0.3, 0.4) is 0 Å². The number of aliphatic hydroxyl groups is 1. The second-order valence-electron chi connectivity index (χ2n) is 4.15. The van der Waals surface area contributed by atoms with E-state index in [1.54, 1.807) is 12.1 Å². The van der Waals surface area contributed by atoms with Crippen LogP contribution >= 0.6 is 0 Å². The summed E-state index contributed by atoms with van der Waals surface area (Å²) >= 11 is 0. The molecule has 76 valence electrons. The Balaban J connectivity index is 2.06. The van der Waals surface area contributed by atoms with E-state index in [2.05, 4.69) is 0 Å². The third-order valence-corrected chi connectivity index (χ3v) is 3.16. The number of aliphatic hydroxyl groups excluding tert-OH is 1. The van der Waals surface area contributed by atoms with Crippen LogP contribution in [0, 0.1) is 5.92 Å². The molecule has 1 fully saturated rings. The van der Waals surface area contributed by atoms with Gasteiger partial charge in [0, 0.05) is 6.61 Å². The number of rotatable bonds is 2. The Morgan fingerprint density at radius 1 is 1.14 bits per heavy atom. The van der Waals surface area contributed by atoms with Crippen LogP contribution in [0.25, 0.3) is 0 Å². The Hall–Kier alpha value is -1.02. The summed E-state index contributed by atoms with van der Waals surface area (Å²) in [5, 5.41) is 18.2. The molecule has 1 aliphatic carbocycles. The van der Waals surface area contributed by atoms with Crippen LogP contribution in [0.2, 0.25) is 0 Å². The van der Waals surface area contributed by atoms with Gasteiger partial charge in [0.1, 0.15) is 5.75 Å². The highest BCUT2D eigenvalue weighted by atomic mass is 16.3. The minimum atomic E-state index is 0.314. The molecule has 2 atom stereocenters. The van der Waals surface area contributed by atoms with Crippen molar-refractivity contribution in [1.82, 2.24) is 0 Å². The summed E-state index contributed by atoms with van der Waals surface area (Å²) in [5.41, 5.74) is 1.29. The van der Waals surface area contributed by atoms with Gasteiger partial charge in [-0.15, -0.1) is 0 Å². The van der Waals surface area contributed by atoms with Crippen molar-refractivity contribution < 1.29 is 10.2 Å². The Morgan fingerprint density at radius 3 is 2.43 bits per heavy atom. The lowest BCUT2D eigenvalue weighted by molar-refractivity contribution is 0.229. The van der Waals surface area contributed by atoms with Gasteiger partial charge in [0.15, 0.2) is 0 Å². The first-order valence-corrected chi connectivity index (χ1v) is 5.19. The van der Waals surface area contributed by atoms with Crippen LogP contribution in [-0.2, 0) is 0 Å². The molecule has 1 saturated carbocycles. The summed E-state index contributed by atoms with van der Waals surface area (Å²) in [6.45, 7) is 0.314. The third kappa shape index (κ3) is 1.90. The van der Waals surface area contributed by atoms with Crippen LogP contribution in [0.15, 0.2) is 24.3 Å². The molecular formula is C12H16O2. The van der Waals surface area contributed by atoms with Gasteiger partial charge in [-0.05, 0) is 48.8 Å². The maximum absolute atomic E-state index is 9.16. The molecule has 14 heavy (non-hydrogen) atoms. The Labute approximate surface area is 84.2 Å². The highest BCUT2D eigenvalue weighted by molar-refractivity contribution is 5.28. The molecular weight excluding hydrogens is 176 g/mol. The van der Waals surface area contributed by atoms with Gasteiger partial charge in [0.25, 0.3) is 0 Å². The van der Waals surface area contributed by atoms with Crippen molar-refractivity contribution in [3.8, 4) is 5.75 Å². The average Bonchev–Trinajstić information content (AvgIpc) is 2.67. The quantitative estimate of drug-likeness (QED) is 0.754. The zero-order valence-electron chi connectivity index (χ0n) is 8.19. The minimum absolute atomic E-state index is 0.314. The summed E-state index contributed by atoms with van der Waals surface area (Å²) in [5.74, 6) is 1.38. The van der Waals surface area contributed by atoms with Crippen molar-refractivity contribution in [1.29, 1.82) is 0 Å². The van der Waals surface area contributed by atoms with Crippen molar-refractivity contribution in [3.05, 3.63) is 29.8 Å². The van der Waals surface area contributed by atoms with E-state index in [0.29, 0.717) is 24.2 Å². The predicted molar refractivity (Wildman–Crippen MR) is 55.3 cm³/mol. The number of phenolic OH excluding ortho intramolecular Hbond substituents is 1. The molecule has 1 aromatic carbocycles. The molecule has 0 radical (unpaired) electrons. The fourth-order valence-corrected chi connectivity index (χ4v) is 2.29. The lowest BCUT2D eigenvalue weighted by Gasteiger charge is -2.10. The van der Waals surface area contributed by atoms with Gasteiger partial charge in [0.2, 0.25) is 0 Å². The molecule has 1 aromatic rings. The Bertz CT molecular complexity index is 292. The van der Waals surface area contributed by atoms with E-state index in [1.807, 2.05) is 12.1 Å². The van der Waals surface area contributed by atoms with Crippen molar-refractivity contribution in [2.75, 3.05) is 6.61 Å². The van der Waals surface area contributed by atoms with Crippen molar-refractivity contribution in [2.45, 2.75) is 25.2 Å². The molecule has 0 amide bonds. The molecule has 0 bridgehead atoms. The molecule has 0 spiro atoms. The second kappa shape index (κ2) is 4.01. The molecule has 0 heterocycles. The number of benzene rings is 1. The zero-order chi connectivity index (χ0) is 9.97. The summed E-state index contributed by atoms with van der Waals surface area (Å²) in [6.07, 6.45) is 3.37. The molecule has 0 saturated heterocycles. The van der Waals surface area contributed by atoms with E-state index >= 15 is 0 Å². The van der Waals surface area contributed by atoms with E-state index < -0.39 is 0 Å². The first-order valence-electron chi connectivity index (χ1n) is 5.19. The summed E-state index contributed by atoms with van der Waals surface area (Å²) in [7, 11) is 0. The van der Waals surface area contributed by atoms with Crippen LogP contribution in [0.4, 0.5) is 0 Å². The molecule has 2 unspecified atom stereocenters. The van der Waals surface area contributed by atoms with Gasteiger partial charge in [0.05, 0.1) is 0 Å². The van der Waals surface area contributed by atoms with E-state index in [9.17, 15) is 0 Å². The van der Waals surface area contributed by atoms with Gasteiger partial charge in [-0.25, -0.2) is 0 Å². The summed E-state index contributed by atoms with van der Waals surface area (Å²) in [4.78, 5) is 0. The van der Waals surface area contributed by atoms with Gasteiger partial charge in [-0.1, -0.05) is 12.1 Å². The number of phenols is 1. The van der Waals surface area contributed by atoms with Crippen molar-refractivity contribution in [2.24, 2.45) is 5.92 Å². The lowest BCUT2D eigenvalue weighted by atomic mass is 9.96. The fourth-order valence-electron chi connectivity index (χ4n) is 2.29. The number of hydrogen-bond donors (Lipinski definition) is 2. The summed E-state index contributed by atoms with van der Waals surface area (Å²) in [6, 6.07) is 7.45. The largest absolute Gasteiger partial charge is 0.508 e. The first-order chi connectivity index (χ1) is 6.79. The highest BCUT2D eigenvalue weighted by Gasteiger charge is 2.24. The monoisotopic (exact) mass is 192 g/mol. The third-order valence-electron chi connectivity index (χ3n) is 3.16. The molecule has 1 aliphatic rings. The maximum Gasteiger partial charge on any atom is 0.115 e. The maximum atomic E-state index is 9.16. The smallest absolute Gasteiger partial charge is 0.115 e. The molecule has 2 heteroatoms. The number of aromatic hydroxyl groups is 1. The average molecular weight is 192 g/mol. The van der Waals surface area contributed by atoms with E-state index in [4.69, 9.17) is 10.2 Å². The van der Waals surface area contributed by atoms with E-state index in [1.165, 1.54) is 5.56 Å². The van der Waals surface area contributed by atoms with E-state index in [-0.39, 0.29) is 0 Å². The molecule has 2 nitrogen and oxygen atoms in total. The van der Waals surface area contributed by atoms with Crippen LogP contribution in [0.1, 0.15) is 30.7 Å². The SMILES string of the molecule is OCC1CCC(c2ccc(O)cc2)C1. The fraction of sp³-hybridized carbons (Fsp3) is 0.500. The summed E-state index contributed by atoms with van der Waals surface area (Å²) < 4.78 is 0. The van der Waals surface area contributed by atoms with Crippen LogP contribution < -0.4 is 0 Å². The van der Waals surface area contributed by atoms with Crippen molar-refractivity contribution in [3.63, 3.8) is 0 Å². The first kappa shape index (κ1) is 9.53. The van der Waals surface area contributed by atoms with Crippen LogP contribution in [0.5, 0.6) is 5.75 Å². The molecule has 2 N–H and O–H groups in total. The molecule has 0 aliphatic heterocycles. The highest BCUT2D eigenvalue weighted by Crippen LogP contribution is 2.38. The predicted octanol–water partition coefficient (Wildman–Crippen LogP) is 2.27. The van der Waals surface area contributed by atoms with Crippen LogP contribution in [-0.4, -0.2) is 16.8 Å². The van der Waals surface area contributed by atoms with Gasteiger partial charge >= 0.3 is 0 Å². The van der Waals surface area contributed by atoms with E-state index in [0.717, 1.165) is 19.3 Å². The Morgan fingerprint density at radius 2 is 1.86 bits per heavy atom.